The molecule has 1 heterocycles. The highest BCUT2D eigenvalue weighted by atomic mass is 16.5. The van der Waals surface area contributed by atoms with E-state index in [1.807, 2.05) is 0 Å². The largest absolute Gasteiger partial charge is 0.364 e. The maximum absolute atomic E-state index is 11.7. The van der Waals surface area contributed by atoms with Crippen LogP contribution in [-0.4, -0.2) is 17.0 Å². The first-order valence-electron chi connectivity index (χ1n) is 6.15. The average Bonchev–Trinajstić information content (AvgIpc) is 2.93. The fourth-order valence-corrected chi connectivity index (χ4v) is 2.08. The number of nitrogens with zero attached hydrogens (tertiary/aromatic N) is 1. The van der Waals surface area contributed by atoms with Gasteiger partial charge in [-0.2, -0.15) is 0 Å². The third-order valence-corrected chi connectivity index (χ3v) is 3.17. The highest BCUT2D eigenvalue weighted by Gasteiger charge is 2.41. The summed E-state index contributed by atoms with van der Waals surface area (Å²) in [4.78, 5) is 22.5. The Kier molecular flexibility index (Phi) is 3.64. The monoisotopic (exact) mass is 251 g/mol. The zero-order valence-electron chi connectivity index (χ0n) is 10.3. The summed E-state index contributed by atoms with van der Waals surface area (Å²) in [7, 11) is 0. The summed E-state index contributed by atoms with van der Waals surface area (Å²) in [6.07, 6.45) is 3.19. The van der Waals surface area contributed by atoms with Gasteiger partial charge in [-0.05, 0) is 18.8 Å². The lowest BCUT2D eigenvalue weighted by molar-refractivity contribution is -0.122. The van der Waals surface area contributed by atoms with Crippen LogP contribution in [0.1, 0.15) is 42.4 Å². The van der Waals surface area contributed by atoms with Crippen molar-refractivity contribution < 1.29 is 14.1 Å². The second-order valence-electron chi connectivity index (χ2n) is 4.65. The lowest BCUT2D eigenvalue weighted by atomic mass is 10.2. The summed E-state index contributed by atoms with van der Waals surface area (Å²) in [5, 5.41) is 6.27. The Morgan fingerprint density at radius 3 is 3.00 bits per heavy atom. The minimum Gasteiger partial charge on any atom is -0.364 e. The van der Waals surface area contributed by atoms with Crippen LogP contribution in [0.25, 0.3) is 0 Å². The summed E-state index contributed by atoms with van der Waals surface area (Å²) in [5.41, 5.74) is 5.12. The zero-order chi connectivity index (χ0) is 13.1. The maximum Gasteiger partial charge on any atom is 0.270 e. The molecule has 1 fully saturated rings. The van der Waals surface area contributed by atoms with Crippen LogP contribution in [0.2, 0.25) is 0 Å². The van der Waals surface area contributed by atoms with E-state index in [1.165, 1.54) is 6.07 Å². The van der Waals surface area contributed by atoms with Gasteiger partial charge >= 0.3 is 0 Å². The van der Waals surface area contributed by atoms with Crippen molar-refractivity contribution in [2.75, 3.05) is 0 Å². The number of nitrogens with one attached hydrogen (secondary N) is 1. The van der Waals surface area contributed by atoms with Crippen molar-refractivity contribution in [1.29, 1.82) is 0 Å². The van der Waals surface area contributed by atoms with Gasteiger partial charge in [0.25, 0.3) is 5.91 Å². The van der Waals surface area contributed by atoms with Gasteiger partial charge in [-0.25, -0.2) is 0 Å². The number of primary amides is 1. The number of rotatable bonds is 6. The van der Waals surface area contributed by atoms with Gasteiger partial charge in [0.2, 0.25) is 5.91 Å². The lowest BCUT2D eigenvalue weighted by Gasteiger charge is -2.01. The van der Waals surface area contributed by atoms with E-state index in [0.717, 1.165) is 19.3 Å². The molecule has 1 aliphatic carbocycles. The van der Waals surface area contributed by atoms with Gasteiger partial charge in [0.1, 0.15) is 0 Å². The number of hydrogen-bond acceptors (Lipinski definition) is 4. The first-order chi connectivity index (χ1) is 8.61. The standard InChI is InChI=1S/C12H17N3O3/c1-2-3-7-4-9(7)12(17)14-6-8-5-10(11(13)16)15-18-8/h5,7,9H,2-4,6H2,1H3,(H2,13,16)(H,14,17)/t7-,9-/m1/s1. The number of amides is 2. The number of hydrogen-bond donors (Lipinski definition) is 2. The Balaban J connectivity index is 1.77. The molecule has 0 radical (unpaired) electrons. The molecule has 18 heavy (non-hydrogen) atoms. The zero-order valence-corrected chi connectivity index (χ0v) is 10.3. The van der Waals surface area contributed by atoms with Gasteiger partial charge < -0.3 is 15.6 Å². The molecule has 0 unspecified atom stereocenters. The minimum absolute atomic E-state index is 0.0467. The second-order valence-corrected chi connectivity index (χ2v) is 4.65. The van der Waals surface area contributed by atoms with Gasteiger partial charge in [0.15, 0.2) is 11.5 Å². The van der Waals surface area contributed by atoms with Crippen LogP contribution < -0.4 is 11.1 Å². The minimum atomic E-state index is -0.637. The van der Waals surface area contributed by atoms with Crippen LogP contribution in [-0.2, 0) is 11.3 Å². The molecule has 1 aromatic rings. The second kappa shape index (κ2) is 5.20. The molecule has 1 aromatic heterocycles. The van der Waals surface area contributed by atoms with Crippen LogP contribution in [0.15, 0.2) is 10.6 Å². The third-order valence-electron chi connectivity index (χ3n) is 3.17. The van der Waals surface area contributed by atoms with E-state index in [4.69, 9.17) is 10.3 Å². The van der Waals surface area contributed by atoms with E-state index in [0.29, 0.717) is 11.7 Å². The van der Waals surface area contributed by atoms with Crippen molar-refractivity contribution in [2.24, 2.45) is 17.6 Å². The lowest BCUT2D eigenvalue weighted by Crippen LogP contribution is -2.24. The highest BCUT2D eigenvalue weighted by Crippen LogP contribution is 2.42. The Hall–Kier alpha value is -1.85. The van der Waals surface area contributed by atoms with Crippen LogP contribution >= 0.6 is 0 Å². The fourth-order valence-electron chi connectivity index (χ4n) is 2.08. The number of carbonyl (C=O) groups excluding carboxylic acids is 2. The van der Waals surface area contributed by atoms with Gasteiger partial charge in [-0.3, -0.25) is 9.59 Å². The molecule has 3 N–H and O–H groups in total. The van der Waals surface area contributed by atoms with Crippen molar-refractivity contribution in [1.82, 2.24) is 10.5 Å². The van der Waals surface area contributed by atoms with Gasteiger partial charge in [-0.15, -0.1) is 0 Å². The summed E-state index contributed by atoms with van der Waals surface area (Å²) in [6.45, 7) is 2.36. The molecule has 1 aliphatic rings. The fraction of sp³-hybridized carbons (Fsp3) is 0.583. The summed E-state index contributed by atoms with van der Waals surface area (Å²) >= 11 is 0. The van der Waals surface area contributed by atoms with Crippen molar-refractivity contribution >= 4 is 11.8 Å². The quantitative estimate of drug-likeness (QED) is 0.782. The molecule has 1 saturated carbocycles. The van der Waals surface area contributed by atoms with E-state index >= 15 is 0 Å². The Bertz CT molecular complexity index is 455. The number of nitrogens with two attached hydrogens (primary N) is 1. The molecule has 2 rings (SSSR count). The molecule has 6 heteroatoms. The normalized spacial score (nSPS) is 21.6. The van der Waals surface area contributed by atoms with E-state index in [-0.39, 0.29) is 24.1 Å². The van der Waals surface area contributed by atoms with Crippen molar-refractivity contribution in [3.63, 3.8) is 0 Å². The topological polar surface area (TPSA) is 98.2 Å². The molecule has 6 nitrogen and oxygen atoms in total. The predicted molar refractivity (Wildman–Crippen MR) is 63.4 cm³/mol. The Labute approximate surface area is 105 Å². The van der Waals surface area contributed by atoms with E-state index < -0.39 is 5.91 Å². The summed E-state index contributed by atoms with van der Waals surface area (Å²) in [5.74, 6) is 0.520. The van der Waals surface area contributed by atoms with Gasteiger partial charge in [0.05, 0.1) is 6.54 Å². The van der Waals surface area contributed by atoms with E-state index in [2.05, 4.69) is 17.4 Å². The first-order valence-corrected chi connectivity index (χ1v) is 6.15. The summed E-state index contributed by atoms with van der Waals surface area (Å²) in [6, 6.07) is 1.44. The van der Waals surface area contributed by atoms with Crippen molar-refractivity contribution in [2.45, 2.75) is 32.7 Å². The molecule has 0 spiro atoms. The van der Waals surface area contributed by atoms with Gasteiger partial charge in [-0.1, -0.05) is 18.5 Å². The Morgan fingerprint density at radius 2 is 2.39 bits per heavy atom. The Morgan fingerprint density at radius 1 is 1.61 bits per heavy atom. The molecule has 0 saturated heterocycles. The molecular weight excluding hydrogens is 234 g/mol. The third kappa shape index (κ3) is 2.88. The van der Waals surface area contributed by atoms with E-state index in [9.17, 15) is 9.59 Å². The van der Waals surface area contributed by atoms with Crippen LogP contribution in [0.5, 0.6) is 0 Å². The summed E-state index contributed by atoms with van der Waals surface area (Å²) < 4.78 is 4.89. The average molecular weight is 251 g/mol. The predicted octanol–water partition coefficient (Wildman–Crippen LogP) is 0.826. The van der Waals surface area contributed by atoms with Crippen molar-refractivity contribution in [3.05, 3.63) is 17.5 Å². The first kappa shape index (κ1) is 12.6. The molecule has 2 amide bonds. The maximum atomic E-state index is 11.7. The van der Waals surface area contributed by atoms with Crippen LogP contribution in [0.3, 0.4) is 0 Å². The smallest absolute Gasteiger partial charge is 0.270 e. The van der Waals surface area contributed by atoms with Crippen LogP contribution in [0.4, 0.5) is 0 Å². The molecule has 0 aliphatic heterocycles. The SMILES string of the molecule is CCC[C@@H]1C[C@H]1C(=O)NCc1cc(C(N)=O)no1. The molecule has 2 atom stereocenters. The number of carbonyl (C=O) groups is 2. The van der Waals surface area contributed by atoms with Crippen LogP contribution in [0, 0.1) is 11.8 Å². The highest BCUT2D eigenvalue weighted by molar-refractivity contribution is 5.90. The number of aromatic nitrogens is 1. The molecule has 0 bridgehead atoms. The molecular formula is C12H17N3O3. The van der Waals surface area contributed by atoms with Crippen molar-refractivity contribution in [3.8, 4) is 0 Å². The molecule has 98 valence electrons. The molecule has 0 aromatic carbocycles. The van der Waals surface area contributed by atoms with Gasteiger partial charge in [0, 0.05) is 12.0 Å². The van der Waals surface area contributed by atoms with E-state index in [1.54, 1.807) is 0 Å².